The van der Waals surface area contributed by atoms with E-state index in [0.29, 0.717) is 19.7 Å². The number of methoxy groups -OCH3 is 1. The molecule has 116 valence electrons. The average molecular weight is 310 g/mol. The third kappa shape index (κ3) is 4.04. The van der Waals surface area contributed by atoms with Crippen molar-refractivity contribution in [3.8, 4) is 0 Å². The van der Waals surface area contributed by atoms with Gasteiger partial charge in [0.1, 0.15) is 0 Å². The molecular formula is C15H22N2O3S. The maximum absolute atomic E-state index is 12.5. The molecule has 1 aromatic rings. The van der Waals surface area contributed by atoms with Crippen LogP contribution in [-0.4, -0.2) is 49.6 Å². The van der Waals surface area contributed by atoms with Gasteiger partial charge in [-0.05, 0) is 31.2 Å². The maximum Gasteiger partial charge on any atom is 0.264 e. The topological polar surface area (TPSA) is 58.6 Å². The molecular weight excluding hydrogens is 288 g/mol. The number of carbonyl (C=O) groups excluding carboxylic acids is 2. The fraction of sp³-hybridized carbons (Fsp3) is 0.600. The number of hydrogen-bond donors (Lipinski definition) is 1. The average Bonchev–Trinajstić information content (AvgIpc) is 3.01. The highest BCUT2D eigenvalue weighted by atomic mass is 32.1. The number of nitrogens with zero attached hydrogens (tertiary/aromatic N) is 1. The quantitative estimate of drug-likeness (QED) is 0.843. The first kappa shape index (κ1) is 16.0. The van der Waals surface area contributed by atoms with E-state index in [0.717, 1.165) is 17.7 Å². The molecule has 0 saturated carbocycles. The van der Waals surface area contributed by atoms with Crippen LogP contribution in [0.5, 0.6) is 0 Å². The monoisotopic (exact) mass is 310 g/mol. The first-order valence-corrected chi connectivity index (χ1v) is 8.12. The van der Waals surface area contributed by atoms with E-state index in [4.69, 9.17) is 4.74 Å². The number of rotatable bonds is 5. The van der Waals surface area contributed by atoms with Gasteiger partial charge in [0.15, 0.2) is 0 Å². The van der Waals surface area contributed by atoms with Gasteiger partial charge in [0.05, 0.1) is 17.4 Å². The van der Waals surface area contributed by atoms with Crippen molar-refractivity contribution in [1.29, 1.82) is 0 Å². The molecule has 0 bridgehead atoms. The summed E-state index contributed by atoms with van der Waals surface area (Å²) in [7, 11) is 1.61. The van der Waals surface area contributed by atoms with Crippen LogP contribution in [-0.2, 0) is 9.53 Å². The van der Waals surface area contributed by atoms with Crippen LogP contribution >= 0.6 is 11.3 Å². The minimum absolute atomic E-state index is 0.0166. The summed E-state index contributed by atoms with van der Waals surface area (Å²) in [5.74, 6) is -0.0724. The van der Waals surface area contributed by atoms with E-state index >= 15 is 0 Å². The predicted molar refractivity (Wildman–Crippen MR) is 82.4 cm³/mol. The van der Waals surface area contributed by atoms with Gasteiger partial charge in [-0.2, -0.15) is 0 Å². The van der Waals surface area contributed by atoms with Crippen LogP contribution in [0.4, 0.5) is 0 Å². The van der Waals surface area contributed by atoms with Gasteiger partial charge in [-0.3, -0.25) is 9.59 Å². The molecule has 2 atom stereocenters. The number of amides is 2. The molecule has 1 saturated heterocycles. The molecule has 2 unspecified atom stereocenters. The standard InChI is InChI=1S/C15H22N2O3S/c1-11-5-6-12(14(18)16-7-8-20-2)10-17(11)15(19)13-4-3-9-21-13/h3-4,9,11-12H,5-8,10H2,1-2H3,(H,16,18). The van der Waals surface area contributed by atoms with Gasteiger partial charge in [-0.25, -0.2) is 0 Å². The molecule has 0 spiro atoms. The molecule has 1 aromatic heterocycles. The fourth-order valence-electron chi connectivity index (χ4n) is 2.57. The van der Waals surface area contributed by atoms with Gasteiger partial charge in [-0.15, -0.1) is 11.3 Å². The van der Waals surface area contributed by atoms with Gasteiger partial charge >= 0.3 is 0 Å². The fourth-order valence-corrected chi connectivity index (χ4v) is 3.25. The lowest BCUT2D eigenvalue weighted by molar-refractivity contribution is -0.126. The number of likely N-dealkylation sites (tertiary alicyclic amines) is 1. The van der Waals surface area contributed by atoms with Gasteiger partial charge in [0, 0.05) is 26.2 Å². The molecule has 2 rings (SSSR count). The third-order valence-corrected chi connectivity index (χ3v) is 4.71. The molecule has 0 radical (unpaired) electrons. The van der Waals surface area contributed by atoms with Gasteiger partial charge in [-0.1, -0.05) is 6.07 Å². The van der Waals surface area contributed by atoms with Crippen LogP contribution in [0.3, 0.4) is 0 Å². The minimum atomic E-state index is -0.123. The van der Waals surface area contributed by atoms with Crippen LogP contribution in [0.15, 0.2) is 17.5 Å². The molecule has 1 aliphatic heterocycles. The van der Waals surface area contributed by atoms with Crippen molar-refractivity contribution in [1.82, 2.24) is 10.2 Å². The summed E-state index contributed by atoms with van der Waals surface area (Å²) < 4.78 is 4.93. The molecule has 2 amide bonds. The van der Waals surface area contributed by atoms with Gasteiger partial charge < -0.3 is 15.0 Å². The van der Waals surface area contributed by atoms with Crippen LogP contribution in [0, 0.1) is 5.92 Å². The van der Waals surface area contributed by atoms with Crippen molar-refractivity contribution < 1.29 is 14.3 Å². The Hall–Kier alpha value is -1.40. The lowest BCUT2D eigenvalue weighted by Crippen LogP contribution is -2.49. The minimum Gasteiger partial charge on any atom is -0.383 e. The number of carbonyl (C=O) groups is 2. The Morgan fingerprint density at radius 1 is 1.48 bits per heavy atom. The number of nitrogens with one attached hydrogen (secondary N) is 1. The van der Waals surface area contributed by atoms with Crippen molar-refractivity contribution >= 4 is 23.2 Å². The predicted octanol–water partition coefficient (Wildman–Crippen LogP) is 1.75. The van der Waals surface area contributed by atoms with Crippen LogP contribution in [0.1, 0.15) is 29.4 Å². The first-order valence-electron chi connectivity index (χ1n) is 7.24. The number of ether oxygens (including phenoxy) is 1. The number of thiophene rings is 1. The summed E-state index contributed by atoms with van der Waals surface area (Å²) in [6.07, 6.45) is 1.69. The van der Waals surface area contributed by atoms with Gasteiger partial charge in [0.2, 0.25) is 5.91 Å². The summed E-state index contributed by atoms with van der Waals surface area (Å²) in [5.41, 5.74) is 0. The zero-order valence-electron chi connectivity index (χ0n) is 12.5. The van der Waals surface area contributed by atoms with Crippen molar-refractivity contribution in [3.05, 3.63) is 22.4 Å². The summed E-state index contributed by atoms with van der Waals surface area (Å²) in [6, 6.07) is 3.89. The Bertz CT molecular complexity index is 475. The summed E-state index contributed by atoms with van der Waals surface area (Å²) in [4.78, 5) is 27.2. The van der Waals surface area contributed by atoms with E-state index in [9.17, 15) is 9.59 Å². The molecule has 2 heterocycles. The highest BCUT2D eigenvalue weighted by Crippen LogP contribution is 2.25. The van der Waals surface area contributed by atoms with Crippen LogP contribution in [0.25, 0.3) is 0 Å². The molecule has 6 heteroatoms. The smallest absolute Gasteiger partial charge is 0.264 e. The van der Waals surface area contributed by atoms with E-state index in [2.05, 4.69) is 5.32 Å². The molecule has 21 heavy (non-hydrogen) atoms. The van der Waals surface area contributed by atoms with E-state index in [1.165, 1.54) is 11.3 Å². The highest BCUT2D eigenvalue weighted by Gasteiger charge is 2.33. The molecule has 1 N–H and O–H groups in total. The lowest BCUT2D eigenvalue weighted by Gasteiger charge is -2.37. The third-order valence-electron chi connectivity index (χ3n) is 3.85. The molecule has 1 fully saturated rings. The second-order valence-electron chi connectivity index (χ2n) is 5.34. The summed E-state index contributed by atoms with van der Waals surface area (Å²) in [6.45, 7) is 3.56. The second-order valence-corrected chi connectivity index (χ2v) is 6.29. The summed E-state index contributed by atoms with van der Waals surface area (Å²) >= 11 is 1.44. The summed E-state index contributed by atoms with van der Waals surface area (Å²) in [5, 5.41) is 4.76. The van der Waals surface area contributed by atoms with E-state index < -0.39 is 0 Å². The number of hydrogen-bond acceptors (Lipinski definition) is 4. The Kier molecular flexibility index (Phi) is 5.76. The van der Waals surface area contributed by atoms with Crippen LogP contribution in [0.2, 0.25) is 0 Å². The Labute approximate surface area is 129 Å². The maximum atomic E-state index is 12.5. The normalized spacial score (nSPS) is 22.1. The van der Waals surface area contributed by atoms with Gasteiger partial charge in [0.25, 0.3) is 5.91 Å². The Balaban J connectivity index is 1.96. The molecule has 0 aliphatic carbocycles. The van der Waals surface area contributed by atoms with Crippen molar-refractivity contribution in [2.45, 2.75) is 25.8 Å². The zero-order valence-corrected chi connectivity index (χ0v) is 13.3. The molecule has 1 aliphatic rings. The van der Waals surface area contributed by atoms with Crippen LogP contribution < -0.4 is 5.32 Å². The lowest BCUT2D eigenvalue weighted by atomic mass is 9.92. The van der Waals surface area contributed by atoms with E-state index in [1.54, 1.807) is 7.11 Å². The van der Waals surface area contributed by atoms with Crippen molar-refractivity contribution in [3.63, 3.8) is 0 Å². The first-order chi connectivity index (χ1) is 10.1. The van der Waals surface area contributed by atoms with E-state index in [1.807, 2.05) is 29.3 Å². The second kappa shape index (κ2) is 7.56. The Morgan fingerprint density at radius 2 is 2.29 bits per heavy atom. The largest absolute Gasteiger partial charge is 0.383 e. The SMILES string of the molecule is COCCNC(=O)C1CCC(C)N(C(=O)c2cccs2)C1. The van der Waals surface area contributed by atoms with Crippen molar-refractivity contribution in [2.24, 2.45) is 5.92 Å². The zero-order chi connectivity index (χ0) is 15.2. The molecule has 5 nitrogen and oxygen atoms in total. The molecule has 0 aromatic carbocycles. The highest BCUT2D eigenvalue weighted by molar-refractivity contribution is 7.12. The van der Waals surface area contributed by atoms with E-state index in [-0.39, 0.29) is 23.8 Å². The number of piperidine rings is 1. The Morgan fingerprint density at radius 3 is 2.95 bits per heavy atom. The van der Waals surface area contributed by atoms with Crippen molar-refractivity contribution in [2.75, 3.05) is 26.8 Å².